The Bertz CT molecular complexity index is 508. The monoisotopic (exact) mass is 308 g/mol. The molecule has 0 aromatic carbocycles. The van der Waals surface area contributed by atoms with Crippen LogP contribution >= 0.6 is 11.3 Å². The second-order valence-electron chi connectivity index (χ2n) is 6.13. The highest BCUT2D eigenvalue weighted by atomic mass is 32.1. The number of ether oxygens (including phenoxy) is 1. The molecule has 1 aliphatic heterocycles. The van der Waals surface area contributed by atoms with Crippen LogP contribution in [0.15, 0.2) is 12.1 Å². The fraction of sp³-hybridized carbons (Fsp3) is 0.688. The molecule has 1 spiro atoms. The van der Waals surface area contributed by atoms with Crippen molar-refractivity contribution in [1.29, 1.82) is 0 Å². The Morgan fingerprint density at radius 1 is 1.43 bits per heavy atom. The molecule has 1 aromatic rings. The maximum Gasteiger partial charge on any atom is 0.244 e. The second kappa shape index (κ2) is 6.07. The number of carbonyl (C=O) groups excluding carboxylic acids is 1. The number of nitrogens with zero attached hydrogens (tertiary/aromatic N) is 1. The number of aryl methyl sites for hydroxylation is 1. The standard InChI is InChI=1S/C16H24N2O2S/c1-12-6-7-13(21-12)14-17-16(8-3-4-9-16)15(19)18(14)10-5-11-20-2/h6-7,14,17H,3-5,8-11H2,1-2H3. The van der Waals surface area contributed by atoms with Gasteiger partial charge in [-0.15, -0.1) is 11.3 Å². The summed E-state index contributed by atoms with van der Waals surface area (Å²) in [5, 5.41) is 3.67. The molecular weight excluding hydrogens is 284 g/mol. The summed E-state index contributed by atoms with van der Waals surface area (Å²) < 4.78 is 5.14. The molecule has 0 radical (unpaired) electrons. The zero-order valence-electron chi connectivity index (χ0n) is 12.9. The summed E-state index contributed by atoms with van der Waals surface area (Å²) in [5.41, 5.74) is -0.296. The lowest BCUT2D eigenvalue weighted by molar-refractivity contribution is -0.133. The van der Waals surface area contributed by atoms with Crippen LogP contribution in [0.5, 0.6) is 0 Å². The number of hydrogen-bond acceptors (Lipinski definition) is 4. The number of carbonyl (C=O) groups is 1. The van der Waals surface area contributed by atoms with E-state index in [1.54, 1.807) is 18.4 Å². The Balaban J connectivity index is 1.82. The van der Waals surface area contributed by atoms with Gasteiger partial charge in [0.25, 0.3) is 0 Å². The minimum Gasteiger partial charge on any atom is -0.385 e. The molecule has 1 N–H and O–H groups in total. The van der Waals surface area contributed by atoms with E-state index in [1.165, 1.54) is 9.75 Å². The third kappa shape index (κ3) is 2.74. The summed E-state index contributed by atoms with van der Waals surface area (Å²) in [6.45, 7) is 3.58. The Labute approximate surface area is 130 Å². The number of nitrogens with one attached hydrogen (secondary N) is 1. The molecule has 1 saturated carbocycles. The fourth-order valence-corrected chi connectivity index (χ4v) is 4.51. The third-order valence-electron chi connectivity index (χ3n) is 4.63. The summed E-state index contributed by atoms with van der Waals surface area (Å²) in [7, 11) is 1.71. The van der Waals surface area contributed by atoms with E-state index >= 15 is 0 Å². The Kier molecular flexibility index (Phi) is 4.33. The van der Waals surface area contributed by atoms with Crippen molar-refractivity contribution < 1.29 is 9.53 Å². The van der Waals surface area contributed by atoms with Crippen LogP contribution in [-0.4, -0.2) is 36.6 Å². The van der Waals surface area contributed by atoms with Crippen molar-refractivity contribution in [2.45, 2.75) is 50.7 Å². The van der Waals surface area contributed by atoms with Crippen LogP contribution in [0.3, 0.4) is 0 Å². The molecule has 2 heterocycles. The number of amides is 1. The van der Waals surface area contributed by atoms with Gasteiger partial charge >= 0.3 is 0 Å². The van der Waals surface area contributed by atoms with Gasteiger partial charge in [0.1, 0.15) is 6.17 Å². The number of thiophene rings is 1. The van der Waals surface area contributed by atoms with Crippen molar-refractivity contribution in [2.24, 2.45) is 0 Å². The highest BCUT2D eigenvalue weighted by molar-refractivity contribution is 7.12. The lowest BCUT2D eigenvalue weighted by Gasteiger charge is -2.23. The second-order valence-corrected chi connectivity index (χ2v) is 7.45. The number of rotatable bonds is 5. The molecule has 116 valence electrons. The highest BCUT2D eigenvalue weighted by Gasteiger charge is 2.52. The molecule has 1 atom stereocenters. The first-order chi connectivity index (χ1) is 10.2. The van der Waals surface area contributed by atoms with Gasteiger partial charge < -0.3 is 9.64 Å². The summed E-state index contributed by atoms with van der Waals surface area (Å²) in [6, 6.07) is 4.29. The molecule has 21 heavy (non-hydrogen) atoms. The molecule has 1 amide bonds. The lowest BCUT2D eigenvalue weighted by Crippen LogP contribution is -2.44. The van der Waals surface area contributed by atoms with Gasteiger partial charge in [0.2, 0.25) is 5.91 Å². The van der Waals surface area contributed by atoms with Crippen molar-refractivity contribution in [2.75, 3.05) is 20.3 Å². The summed E-state index contributed by atoms with van der Waals surface area (Å²) in [6.07, 6.45) is 5.20. The van der Waals surface area contributed by atoms with Crippen LogP contribution < -0.4 is 5.32 Å². The average molecular weight is 308 g/mol. The van der Waals surface area contributed by atoms with Crippen LogP contribution in [0.25, 0.3) is 0 Å². The van der Waals surface area contributed by atoms with E-state index in [9.17, 15) is 4.79 Å². The molecule has 1 saturated heterocycles. The third-order valence-corrected chi connectivity index (χ3v) is 5.68. The molecular formula is C16H24N2O2S. The fourth-order valence-electron chi connectivity index (χ4n) is 3.57. The molecule has 1 aromatic heterocycles. The zero-order valence-corrected chi connectivity index (χ0v) is 13.7. The van der Waals surface area contributed by atoms with Gasteiger partial charge in [-0.3, -0.25) is 10.1 Å². The van der Waals surface area contributed by atoms with Gasteiger partial charge in [0.05, 0.1) is 5.54 Å². The summed E-state index contributed by atoms with van der Waals surface area (Å²) in [5.74, 6) is 0.298. The molecule has 5 heteroatoms. The van der Waals surface area contributed by atoms with Crippen LogP contribution in [-0.2, 0) is 9.53 Å². The molecule has 1 aliphatic carbocycles. The van der Waals surface area contributed by atoms with Crippen molar-refractivity contribution in [1.82, 2.24) is 10.2 Å². The number of hydrogen-bond donors (Lipinski definition) is 1. The normalized spacial score (nSPS) is 24.4. The minimum absolute atomic E-state index is 0.0474. The van der Waals surface area contributed by atoms with Gasteiger partial charge in [0, 0.05) is 30.0 Å². The van der Waals surface area contributed by atoms with Crippen LogP contribution in [0.1, 0.15) is 48.0 Å². The molecule has 3 rings (SSSR count). The van der Waals surface area contributed by atoms with Crippen molar-refractivity contribution in [3.8, 4) is 0 Å². The predicted molar refractivity (Wildman–Crippen MR) is 84.3 cm³/mol. The van der Waals surface area contributed by atoms with Crippen LogP contribution in [0, 0.1) is 6.92 Å². The molecule has 2 aliphatic rings. The Morgan fingerprint density at radius 2 is 2.19 bits per heavy atom. The molecule has 4 nitrogen and oxygen atoms in total. The van der Waals surface area contributed by atoms with Crippen molar-refractivity contribution >= 4 is 17.2 Å². The van der Waals surface area contributed by atoms with E-state index in [4.69, 9.17) is 4.74 Å². The first-order valence-corrected chi connectivity index (χ1v) is 8.62. The van der Waals surface area contributed by atoms with Crippen molar-refractivity contribution in [3.05, 3.63) is 21.9 Å². The van der Waals surface area contributed by atoms with E-state index in [-0.39, 0.29) is 11.7 Å². The van der Waals surface area contributed by atoms with E-state index in [2.05, 4.69) is 24.4 Å². The molecule has 0 bridgehead atoms. The largest absolute Gasteiger partial charge is 0.385 e. The van der Waals surface area contributed by atoms with Crippen LogP contribution in [0.2, 0.25) is 0 Å². The van der Waals surface area contributed by atoms with Gasteiger partial charge in [0.15, 0.2) is 0 Å². The maximum atomic E-state index is 12.9. The molecule has 1 unspecified atom stereocenters. The lowest BCUT2D eigenvalue weighted by atomic mass is 9.98. The van der Waals surface area contributed by atoms with E-state index < -0.39 is 0 Å². The molecule has 2 fully saturated rings. The predicted octanol–water partition coefficient (Wildman–Crippen LogP) is 2.84. The van der Waals surface area contributed by atoms with Crippen LogP contribution in [0.4, 0.5) is 0 Å². The van der Waals surface area contributed by atoms with Gasteiger partial charge in [-0.25, -0.2) is 0 Å². The smallest absolute Gasteiger partial charge is 0.244 e. The minimum atomic E-state index is -0.296. The number of methoxy groups -OCH3 is 1. The zero-order chi connectivity index (χ0) is 14.9. The first kappa shape index (κ1) is 15.0. The highest BCUT2D eigenvalue weighted by Crippen LogP contribution is 2.42. The summed E-state index contributed by atoms with van der Waals surface area (Å²) >= 11 is 1.78. The topological polar surface area (TPSA) is 41.6 Å². The van der Waals surface area contributed by atoms with Gasteiger partial charge in [-0.1, -0.05) is 12.8 Å². The van der Waals surface area contributed by atoms with Gasteiger partial charge in [-0.2, -0.15) is 0 Å². The average Bonchev–Trinajstić information content (AvgIpc) is 3.16. The van der Waals surface area contributed by atoms with Crippen molar-refractivity contribution in [3.63, 3.8) is 0 Å². The quantitative estimate of drug-likeness (QED) is 0.851. The Hall–Kier alpha value is -0.910. The first-order valence-electron chi connectivity index (χ1n) is 7.80. The SMILES string of the molecule is COCCCN1C(=O)C2(CCCC2)NC1c1ccc(C)s1. The maximum absolute atomic E-state index is 12.9. The van der Waals surface area contributed by atoms with Gasteiger partial charge in [-0.05, 0) is 38.3 Å². The van der Waals surface area contributed by atoms with E-state index in [0.29, 0.717) is 12.5 Å². The Morgan fingerprint density at radius 3 is 2.81 bits per heavy atom. The van der Waals surface area contributed by atoms with E-state index in [1.807, 2.05) is 4.90 Å². The van der Waals surface area contributed by atoms with E-state index in [0.717, 1.165) is 38.6 Å². The summed E-state index contributed by atoms with van der Waals surface area (Å²) in [4.78, 5) is 17.5.